The van der Waals surface area contributed by atoms with Gasteiger partial charge in [0.1, 0.15) is 36.9 Å². The van der Waals surface area contributed by atoms with Gasteiger partial charge in [-0.25, -0.2) is 14.2 Å². The van der Waals surface area contributed by atoms with E-state index in [-0.39, 0.29) is 5.56 Å². The van der Waals surface area contributed by atoms with Gasteiger partial charge in [0.2, 0.25) is 0 Å². The first kappa shape index (κ1) is 11.5. The van der Waals surface area contributed by atoms with Gasteiger partial charge in [-0.05, 0) is 6.92 Å². The molecule has 0 saturated heterocycles. The number of aromatic amines is 1. The van der Waals surface area contributed by atoms with E-state index in [2.05, 4.69) is 20.2 Å². The third-order valence-electron chi connectivity index (χ3n) is 2.83. The number of H-pyrrole nitrogens is 1. The smallest absolute Gasteiger partial charge is 0.275 e. The molecule has 0 fully saturated rings. The standard InChI is InChI=1S/C11H12N6O2/c1-8-9(19-3-2-16-7-12-5-14-16)4-17-10(8)11(18)13-6-15-17/h4-7H,2-3H2,1H3,(H,13,15,18). The maximum Gasteiger partial charge on any atom is 0.275 e. The minimum Gasteiger partial charge on any atom is -0.490 e. The predicted octanol–water partition coefficient (Wildman–Crippen LogP) is 0.00152. The average Bonchev–Trinajstić information content (AvgIpc) is 3.00. The predicted molar refractivity (Wildman–Crippen MR) is 66.1 cm³/mol. The lowest BCUT2D eigenvalue weighted by molar-refractivity contribution is 0.289. The van der Waals surface area contributed by atoms with Crippen LogP contribution in [0, 0.1) is 6.92 Å². The van der Waals surface area contributed by atoms with E-state index in [9.17, 15) is 4.79 Å². The monoisotopic (exact) mass is 260 g/mol. The summed E-state index contributed by atoms with van der Waals surface area (Å²) in [4.78, 5) is 18.1. The largest absolute Gasteiger partial charge is 0.490 e. The summed E-state index contributed by atoms with van der Waals surface area (Å²) in [6.07, 6.45) is 6.15. The van der Waals surface area contributed by atoms with Crippen LogP contribution in [0.5, 0.6) is 5.75 Å². The van der Waals surface area contributed by atoms with E-state index in [4.69, 9.17) is 4.74 Å². The van der Waals surface area contributed by atoms with Crippen LogP contribution in [-0.4, -0.2) is 36.0 Å². The van der Waals surface area contributed by atoms with Crippen LogP contribution in [0.1, 0.15) is 5.56 Å². The first-order chi connectivity index (χ1) is 9.25. The third kappa shape index (κ3) is 2.07. The molecular weight excluding hydrogens is 248 g/mol. The fourth-order valence-corrected chi connectivity index (χ4v) is 1.89. The highest BCUT2D eigenvalue weighted by atomic mass is 16.5. The number of aromatic nitrogens is 6. The summed E-state index contributed by atoms with van der Waals surface area (Å²) in [5.74, 6) is 0.643. The molecule has 3 rings (SSSR count). The fourth-order valence-electron chi connectivity index (χ4n) is 1.89. The SMILES string of the molecule is Cc1c(OCCn2cncn2)cn2nc[nH]c(=O)c12. The van der Waals surface area contributed by atoms with Crippen molar-refractivity contribution < 1.29 is 4.74 Å². The molecule has 0 amide bonds. The van der Waals surface area contributed by atoms with Gasteiger partial charge >= 0.3 is 0 Å². The molecule has 0 unspecified atom stereocenters. The van der Waals surface area contributed by atoms with Crippen molar-refractivity contribution in [3.63, 3.8) is 0 Å². The normalized spacial score (nSPS) is 11.0. The van der Waals surface area contributed by atoms with Gasteiger partial charge in [0, 0.05) is 5.56 Å². The van der Waals surface area contributed by atoms with E-state index in [1.54, 1.807) is 17.2 Å². The Morgan fingerprint density at radius 3 is 3.05 bits per heavy atom. The highest BCUT2D eigenvalue weighted by Gasteiger charge is 2.11. The molecule has 0 spiro atoms. The van der Waals surface area contributed by atoms with Crippen molar-refractivity contribution >= 4 is 5.52 Å². The number of nitrogens with zero attached hydrogens (tertiary/aromatic N) is 5. The van der Waals surface area contributed by atoms with Crippen LogP contribution in [0.15, 0.2) is 30.0 Å². The Kier molecular flexibility index (Phi) is 2.75. The number of ether oxygens (including phenoxy) is 1. The number of hydrogen-bond donors (Lipinski definition) is 1. The molecule has 19 heavy (non-hydrogen) atoms. The van der Waals surface area contributed by atoms with Crippen LogP contribution in [0.2, 0.25) is 0 Å². The minimum atomic E-state index is -0.182. The second-order valence-electron chi connectivity index (χ2n) is 4.04. The van der Waals surface area contributed by atoms with E-state index in [1.807, 2.05) is 6.92 Å². The molecule has 1 N–H and O–H groups in total. The Hall–Kier alpha value is -2.64. The summed E-state index contributed by atoms with van der Waals surface area (Å²) in [6, 6.07) is 0. The van der Waals surface area contributed by atoms with E-state index >= 15 is 0 Å². The van der Waals surface area contributed by atoms with Crippen molar-refractivity contribution in [2.75, 3.05) is 6.61 Å². The van der Waals surface area contributed by atoms with E-state index in [1.165, 1.54) is 17.2 Å². The van der Waals surface area contributed by atoms with Gasteiger partial charge in [-0.1, -0.05) is 0 Å². The quantitative estimate of drug-likeness (QED) is 0.713. The zero-order chi connectivity index (χ0) is 13.2. The summed E-state index contributed by atoms with van der Waals surface area (Å²) in [5, 5.41) is 8.01. The Balaban J connectivity index is 1.80. The van der Waals surface area contributed by atoms with Gasteiger partial charge in [-0.3, -0.25) is 4.79 Å². The number of fused-ring (bicyclic) bond motifs is 1. The minimum absolute atomic E-state index is 0.182. The van der Waals surface area contributed by atoms with Crippen LogP contribution in [0.4, 0.5) is 0 Å². The number of hydrogen-bond acceptors (Lipinski definition) is 5. The van der Waals surface area contributed by atoms with Crippen LogP contribution >= 0.6 is 0 Å². The van der Waals surface area contributed by atoms with Crippen molar-refractivity contribution in [3.05, 3.63) is 41.1 Å². The summed E-state index contributed by atoms with van der Waals surface area (Å²) >= 11 is 0. The molecule has 0 aliphatic carbocycles. The Bertz CT molecular complexity index is 742. The van der Waals surface area contributed by atoms with Gasteiger partial charge in [0.05, 0.1) is 12.7 Å². The second kappa shape index (κ2) is 4.56. The molecule has 0 bridgehead atoms. The van der Waals surface area contributed by atoms with Crippen molar-refractivity contribution in [1.82, 2.24) is 29.4 Å². The molecule has 0 saturated carbocycles. The zero-order valence-electron chi connectivity index (χ0n) is 10.3. The van der Waals surface area contributed by atoms with Crippen LogP contribution < -0.4 is 10.3 Å². The number of rotatable bonds is 4. The van der Waals surface area contributed by atoms with Gasteiger partial charge in [0.15, 0.2) is 0 Å². The van der Waals surface area contributed by atoms with Gasteiger partial charge in [-0.15, -0.1) is 0 Å². The highest BCUT2D eigenvalue weighted by molar-refractivity contribution is 5.58. The zero-order valence-corrected chi connectivity index (χ0v) is 10.3. The summed E-state index contributed by atoms with van der Waals surface area (Å²) in [6.45, 7) is 2.87. The summed E-state index contributed by atoms with van der Waals surface area (Å²) in [7, 11) is 0. The fraction of sp³-hybridized carbons (Fsp3) is 0.273. The Morgan fingerprint density at radius 1 is 1.42 bits per heavy atom. The molecule has 0 aliphatic rings. The van der Waals surface area contributed by atoms with Gasteiger partial charge in [-0.2, -0.15) is 10.2 Å². The molecule has 8 nitrogen and oxygen atoms in total. The first-order valence-electron chi connectivity index (χ1n) is 5.76. The third-order valence-corrected chi connectivity index (χ3v) is 2.83. The molecule has 3 aromatic rings. The van der Waals surface area contributed by atoms with Gasteiger partial charge < -0.3 is 9.72 Å². The second-order valence-corrected chi connectivity index (χ2v) is 4.04. The molecule has 3 aromatic heterocycles. The topological polar surface area (TPSA) is 90.1 Å². The lowest BCUT2D eigenvalue weighted by atomic mass is 10.3. The molecule has 0 radical (unpaired) electrons. The van der Waals surface area contributed by atoms with Crippen LogP contribution in [-0.2, 0) is 6.54 Å². The average molecular weight is 260 g/mol. The maximum atomic E-state index is 11.7. The van der Waals surface area contributed by atoms with E-state index < -0.39 is 0 Å². The molecule has 0 aliphatic heterocycles. The summed E-state index contributed by atoms with van der Waals surface area (Å²) in [5.41, 5.74) is 1.09. The molecular formula is C11H12N6O2. The molecule has 98 valence electrons. The lowest BCUT2D eigenvalue weighted by Crippen LogP contribution is -2.10. The van der Waals surface area contributed by atoms with Crippen LogP contribution in [0.25, 0.3) is 5.52 Å². The van der Waals surface area contributed by atoms with Crippen molar-refractivity contribution in [2.45, 2.75) is 13.5 Å². The molecule has 3 heterocycles. The molecule has 0 atom stereocenters. The Morgan fingerprint density at radius 2 is 2.32 bits per heavy atom. The number of aryl methyl sites for hydroxylation is 1. The van der Waals surface area contributed by atoms with E-state index in [0.717, 1.165) is 5.56 Å². The Labute approximate surface area is 107 Å². The van der Waals surface area contributed by atoms with Crippen molar-refractivity contribution in [2.24, 2.45) is 0 Å². The maximum absolute atomic E-state index is 11.7. The van der Waals surface area contributed by atoms with Crippen LogP contribution in [0.3, 0.4) is 0 Å². The number of nitrogens with one attached hydrogen (secondary N) is 1. The highest BCUT2D eigenvalue weighted by Crippen LogP contribution is 2.21. The molecule has 8 heteroatoms. The van der Waals surface area contributed by atoms with Gasteiger partial charge in [0.25, 0.3) is 5.56 Å². The summed E-state index contributed by atoms with van der Waals surface area (Å²) < 4.78 is 8.84. The van der Waals surface area contributed by atoms with Crippen molar-refractivity contribution in [3.8, 4) is 5.75 Å². The van der Waals surface area contributed by atoms with Crippen molar-refractivity contribution in [1.29, 1.82) is 0 Å². The lowest BCUT2D eigenvalue weighted by Gasteiger charge is -2.04. The van der Waals surface area contributed by atoms with E-state index in [0.29, 0.717) is 24.4 Å². The molecule has 0 aromatic carbocycles. The first-order valence-corrected chi connectivity index (χ1v) is 5.76.